The first-order valence-corrected chi connectivity index (χ1v) is 6.93. The maximum absolute atomic E-state index is 11.1. The van der Waals surface area contributed by atoms with Gasteiger partial charge in [-0.25, -0.2) is 0 Å². The third-order valence-electron chi connectivity index (χ3n) is 3.40. The Balaban J connectivity index is 2.51. The van der Waals surface area contributed by atoms with E-state index in [1.807, 2.05) is 16.9 Å². The number of methoxy groups -OCH3 is 1. The van der Waals surface area contributed by atoms with Crippen LogP contribution in [0.5, 0.6) is 0 Å². The molecule has 108 valence electrons. The van der Waals surface area contributed by atoms with E-state index in [1.54, 1.807) is 0 Å². The lowest BCUT2D eigenvalue weighted by atomic mass is 10.3. The molecule has 5 nitrogen and oxygen atoms in total. The SMILES string of the molecule is CCC(C)n1ccc(CN(CC)CCC(=O)OC)n1. The Labute approximate surface area is 115 Å². The van der Waals surface area contributed by atoms with E-state index in [-0.39, 0.29) is 5.97 Å². The van der Waals surface area contributed by atoms with E-state index in [1.165, 1.54) is 7.11 Å². The summed E-state index contributed by atoms with van der Waals surface area (Å²) in [6, 6.07) is 2.48. The van der Waals surface area contributed by atoms with Crippen molar-refractivity contribution in [2.75, 3.05) is 20.2 Å². The van der Waals surface area contributed by atoms with Gasteiger partial charge in [0.2, 0.25) is 0 Å². The van der Waals surface area contributed by atoms with E-state index in [4.69, 9.17) is 0 Å². The fraction of sp³-hybridized carbons (Fsp3) is 0.714. The molecular formula is C14H25N3O2. The molecule has 0 saturated heterocycles. The summed E-state index contributed by atoms with van der Waals surface area (Å²) in [5.41, 5.74) is 1.05. The van der Waals surface area contributed by atoms with E-state index < -0.39 is 0 Å². The van der Waals surface area contributed by atoms with Crippen molar-refractivity contribution in [3.8, 4) is 0 Å². The van der Waals surface area contributed by atoms with Crippen molar-refractivity contribution in [3.63, 3.8) is 0 Å². The van der Waals surface area contributed by atoms with Crippen LogP contribution in [0.3, 0.4) is 0 Å². The highest BCUT2D eigenvalue weighted by Crippen LogP contribution is 2.10. The molecule has 1 aromatic rings. The molecule has 0 saturated carbocycles. The zero-order valence-electron chi connectivity index (χ0n) is 12.4. The molecule has 0 N–H and O–H groups in total. The highest BCUT2D eigenvalue weighted by Gasteiger charge is 2.10. The molecule has 0 bridgehead atoms. The lowest BCUT2D eigenvalue weighted by Gasteiger charge is -2.18. The number of aromatic nitrogens is 2. The van der Waals surface area contributed by atoms with Crippen molar-refractivity contribution < 1.29 is 9.53 Å². The minimum Gasteiger partial charge on any atom is -0.469 e. The van der Waals surface area contributed by atoms with Gasteiger partial charge in [-0.15, -0.1) is 0 Å². The summed E-state index contributed by atoms with van der Waals surface area (Å²) < 4.78 is 6.66. The van der Waals surface area contributed by atoms with Crippen molar-refractivity contribution >= 4 is 5.97 Å². The molecule has 0 aliphatic rings. The summed E-state index contributed by atoms with van der Waals surface area (Å²) >= 11 is 0. The zero-order valence-corrected chi connectivity index (χ0v) is 12.4. The lowest BCUT2D eigenvalue weighted by molar-refractivity contribution is -0.141. The second-order valence-corrected chi connectivity index (χ2v) is 4.74. The van der Waals surface area contributed by atoms with Crippen LogP contribution in [-0.4, -0.2) is 40.8 Å². The number of nitrogens with zero attached hydrogens (tertiary/aromatic N) is 3. The van der Waals surface area contributed by atoms with Crippen LogP contribution < -0.4 is 0 Å². The topological polar surface area (TPSA) is 47.4 Å². The predicted molar refractivity (Wildman–Crippen MR) is 74.8 cm³/mol. The summed E-state index contributed by atoms with van der Waals surface area (Å²) in [5, 5.41) is 4.57. The predicted octanol–water partition coefficient (Wildman–Crippen LogP) is 2.24. The summed E-state index contributed by atoms with van der Waals surface area (Å²) in [5.74, 6) is -0.163. The van der Waals surface area contributed by atoms with Crippen LogP contribution in [0.2, 0.25) is 0 Å². The average Bonchev–Trinajstić information content (AvgIpc) is 2.90. The van der Waals surface area contributed by atoms with Crippen LogP contribution >= 0.6 is 0 Å². The molecule has 0 radical (unpaired) electrons. The normalized spacial score (nSPS) is 12.7. The minimum absolute atomic E-state index is 0.163. The van der Waals surface area contributed by atoms with Gasteiger partial charge >= 0.3 is 5.97 Å². The van der Waals surface area contributed by atoms with Crippen molar-refractivity contribution in [2.45, 2.75) is 46.2 Å². The van der Waals surface area contributed by atoms with Gasteiger partial charge in [-0.3, -0.25) is 14.4 Å². The quantitative estimate of drug-likeness (QED) is 0.678. The Kier molecular flexibility index (Phi) is 6.56. The maximum Gasteiger partial charge on any atom is 0.306 e. The van der Waals surface area contributed by atoms with E-state index in [2.05, 4.69) is 35.5 Å². The fourth-order valence-corrected chi connectivity index (χ4v) is 1.82. The fourth-order valence-electron chi connectivity index (χ4n) is 1.82. The lowest BCUT2D eigenvalue weighted by Crippen LogP contribution is -2.26. The molecule has 1 unspecified atom stereocenters. The molecule has 0 fully saturated rings. The van der Waals surface area contributed by atoms with Crippen LogP contribution in [0.1, 0.15) is 45.3 Å². The number of rotatable bonds is 8. The molecule has 1 atom stereocenters. The highest BCUT2D eigenvalue weighted by atomic mass is 16.5. The van der Waals surface area contributed by atoms with E-state index in [9.17, 15) is 4.79 Å². The number of ether oxygens (including phenoxy) is 1. The van der Waals surface area contributed by atoms with Crippen molar-refractivity contribution in [2.24, 2.45) is 0 Å². The van der Waals surface area contributed by atoms with Gasteiger partial charge in [0.05, 0.1) is 19.2 Å². The first-order valence-electron chi connectivity index (χ1n) is 6.93. The molecule has 0 amide bonds. The Morgan fingerprint density at radius 2 is 2.26 bits per heavy atom. The number of esters is 1. The van der Waals surface area contributed by atoms with Gasteiger partial charge < -0.3 is 4.74 Å². The molecule has 5 heteroatoms. The first-order chi connectivity index (χ1) is 9.10. The molecule has 0 aromatic carbocycles. The van der Waals surface area contributed by atoms with Gasteiger partial charge in [0, 0.05) is 25.3 Å². The Hall–Kier alpha value is -1.36. The van der Waals surface area contributed by atoms with E-state index >= 15 is 0 Å². The number of carbonyl (C=O) groups is 1. The molecule has 0 aliphatic heterocycles. The molecule has 1 aromatic heterocycles. The van der Waals surface area contributed by atoms with Crippen molar-refractivity contribution in [1.82, 2.24) is 14.7 Å². The van der Waals surface area contributed by atoms with Gasteiger partial charge in [0.25, 0.3) is 0 Å². The Morgan fingerprint density at radius 3 is 2.84 bits per heavy atom. The third-order valence-corrected chi connectivity index (χ3v) is 3.40. The summed E-state index contributed by atoms with van der Waals surface area (Å²) in [6.45, 7) is 8.78. The largest absolute Gasteiger partial charge is 0.469 e. The summed E-state index contributed by atoms with van der Waals surface area (Å²) in [6.07, 6.45) is 3.52. The summed E-state index contributed by atoms with van der Waals surface area (Å²) in [4.78, 5) is 13.3. The van der Waals surface area contributed by atoms with Gasteiger partial charge in [-0.05, 0) is 26.0 Å². The van der Waals surface area contributed by atoms with E-state index in [0.717, 1.165) is 25.2 Å². The van der Waals surface area contributed by atoms with Crippen molar-refractivity contribution in [1.29, 1.82) is 0 Å². The second kappa shape index (κ2) is 7.94. The molecule has 0 aliphatic carbocycles. The minimum atomic E-state index is -0.163. The number of hydrogen-bond donors (Lipinski definition) is 0. The van der Waals surface area contributed by atoms with E-state index in [0.29, 0.717) is 19.0 Å². The van der Waals surface area contributed by atoms with Crippen molar-refractivity contribution in [3.05, 3.63) is 18.0 Å². The summed E-state index contributed by atoms with van der Waals surface area (Å²) in [7, 11) is 1.42. The molecule has 1 rings (SSSR count). The molecule has 0 spiro atoms. The monoisotopic (exact) mass is 267 g/mol. The van der Waals surface area contributed by atoms with Gasteiger partial charge in [-0.1, -0.05) is 13.8 Å². The maximum atomic E-state index is 11.1. The zero-order chi connectivity index (χ0) is 14.3. The van der Waals surface area contributed by atoms with Crippen LogP contribution in [0, 0.1) is 0 Å². The Bertz CT molecular complexity index is 390. The molecule has 19 heavy (non-hydrogen) atoms. The molecular weight excluding hydrogens is 242 g/mol. The highest BCUT2D eigenvalue weighted by molar-refractivity contribution is 5.69. The number of hydrogen-bond acceptors (Lipinski definition) is 4. The first kappa shape index (κ1) is 15.7. The van der Waals surface area contributed by atoms with Gasteiger partial charge in [0.15, 0.2) is 0 Å². The third kappa shape index (κ3) is 5.03. The molecule has 1 heterocycles. The standard InChI is InChI=1S/C14H25N3O2/c1-5-12(3)17-10-7-13(15-17)11-16(6-2)9-8-14(18)19-4/h7,10,12H,5-6,8-9,11H2,1-4H3. The van der Waals surface area contributed by atoms with Gasteiger partial charge in [0.1, 0.15) is 0 Å². The average molecular weight is 267 g/mol. The second-order valence-electron chi connectivity index (χ2n) is 4.74. The van der Waals surface area contributed by atoms with Crippen LogP contribution in [0.25, 0.3) is 0 Å². The Morgan fingerprint density at radius 1 is 1.53 bits per heavy atom. The smallest absolute Gasteiger partial charge is 0.306 e. The number of carbonyl (C=O) groups excluding carboxylic acids is 1. The van der Waals surface area contributed by atoms with Crippen LogP contribution in [0.4, 0.5) is 0 Å². The van der Waals surface area contributed by atoms with Gasteiger partial charge in [-0.2, -0.15) is 5.10 Å². The van der Waals surface area contributed by atoms with Crippen LogP contribution in [-0.2, 0) is 16.1 Å². The van der Waals surface area contributed by atoms with Crippen LogP contribution in [0.15, 0.2) is 12.3 Å².